The molecule has 88 valence electrons. The van der Waals surface area contributed by atoms with Crippen molar-refractivity contribution in [3.63, 3.8) is 0 Å². The van der Waals surface area contributed by atoms with Gasteiger partial charge in [-0.25, -0.2) is 4.68 Å². The molecule has 5 heteroatoms. The molecule has 1 aliphatic heterocycles. The second-order valence-corrected chi connectivity index (χ2v) is 4.34. The lowest BCUT2D eigenvalue weighted by Gasteiger charge is -2.22. The average Bonchev–Trinajstić information content (AvgIpc) is 2.68. The number of anilines is 1. The first-order valence-electron chi connectivity index (χ1n) is 5.73. The first kappa shape index (κ1) is 10.1. The van der Waals surface area contributed by atoms with Crippen molar-refractivity contribution < 1.29 is 5.11 Å². The lowest BCUT2D eigenvalue weighted by atomic mass is 9.91. The molecule has 2 heterocycles. The van der Waals surface area contributed by atoms with E-state index in [0.717, 1.165) is 30.8 Å². The number of aromatic hydroxyl groups is 1. The van der Waals surface area contributed by atoms with Gasteiger partial charge in [-0.1, -0.05) is 12.1 Å². The minimum absolute atomic E-state index is 0.181. The zero-order valence-corrected chi connectivity index (χ0v) is 9.37. The Morgan fingerprint density at radius 3 is 3.12 bits per heavy atom. The normalized spacial score (nSPS) is 18.9. The van der Waals surface area contributed by atoms with E-state index in [-0.39, 0.29) is 11.7 Å². The lowest BCUT2D eigenvalue weighted by molar-refractivity contribution is 0.442. The summed E-state index contributed by atoms with van der Waals surface area (Å²) in [5.41, 5.74) is 6.70. The van der Waals surface area contributed by atoms with Gasteiger partial charge in [0.2, 0.25) is 5.95 Å². The second kappa shape index (κ2) is 3.76. The molecule has 3 N–H and O–H groups in total. The fraction of sp³-hybridized carbons (Fsp3) is 0.333. The first-order chi connectivity index (χ1) is 8.24. The average molecular weight is 230 g/mol. The van der Waals surface area contributed by atoms with Crippen LogP contribution < -0.4 is 5.73 Å². The molecule has 3 rings (SSSR count). The Hall–Kier alpha value is -2.04. The van der Waals surface area contributed by atoms with E-state index < -0.39 is 0 Å². The summed E-state index contributed by atoms with van der Waals surface area (Å²) in [6, 6.07) is 7.31. The van der Waals surface area contributed by atoms with Crippen molar-refractivity contribution in [3.05, 3.63) is 35.7 Å². The van der Waals surface area contributed by atoms with Gasteiger partial charge in [0, 0.05) is 12.5 Å². The molecule has 5 nitrogen and oxygen atoms in total. The fourth-order valence-electron chi connectivity index (χ4n) is 2.43. The minimum Gasteiger partial charge on any atom is -0.508 e. The highest BCUT2D eigenvalue weighted by Gasteiger charge is 2.25. The SMILES string of the molecule is Nc1nc2n(n1)CCCC2c1cccc(O)c1. The number of nitrogens with zero attached hydrogens (tertiary/aromatic N) is 3. The molecule has 0 saturated heterocycles. The number of benzene rings is 1. The maximum absolute atomic E-state index is 9.53. The zero-order chi connectivity index (χ0) is 11.8. The van der Waals surface area contributed by atoms with Crippen LogP contribution in [0.4, 0.5) is 5.95 Å². The molecule has 1 aliphatic rings. The van der Waals surface area contributed by atoms with Crippen LogP contribution in [-0.4, -0.2) is 19.9 Å². The molecule has 0 bridgehead atoms. The summed E-state index contributed by atoms with van der Waals surface area (Å²) < 4.78 is 1.87. The summed E-state index contributed by atoms with van der Waals surface area (Å²) in [4.78, 5) is 4.29. The number of hydrogen-bond donors (Lipinski definition) is 2. The molecule has 0 aliphatic carbocycles. The number of nitrogens with two attached hydrogens (primary N) is 1. The Balaban J connectivity index is 2.05. The molecule has 2 aromatic rings. The lowest BCUT2D eigenvalue weighted by Crippen LogP contribution is -2.17. The smallest absolute Gasteiger partial charge is 0.239 e. The van der Waals surface area contributed by atoms with Crippen molar-refractivity contribution in [1.82, 2.24) is 14.8 Å². The van der Waals surface area contributed by atoms with Crippen molar-refractivity contribution in [2.24, 2.45) is 0 Å². The molecule has 0 fully saturated rings. The first-order valence-corrected chi connectivity index (χ1v) is 5.73. The predicted molar refractivity (Wildman–Crippen MR) is 63.6 cm³/mol. The van der Waals surface area contributed by atoms with Crippen LogP contribution >= 0.6 is 0 Å². The largest absolute Gasteiger partial charge is 0.508 e. The monoisotopic (exact) mass is 230 g/mol. The van der Waals surface area contributed by atoms with Gasteiger partial charge in [0.25, 0.3) is 0 Å². The van der Waals surface area contributed by atoms with E-state index in [0.29, 0.717) is 5.95 Å². The maximum atomic E-state index is 9.53. The number of rotatable bonds is 1. The molecule has 0 spiro atoms. The summed E-state index contributed by atoms with van der Waals surface area (Å²) >= 11 is 0. The van der Waals surface area contributed by atoms with Gasteiger partial charge in [-0.15, -0.1) is 5.10 Å². The van der Waals surface area contributed by atoms with Crippen molar-refractivity contribution in [2.75, 3.05) is 5.73 Å². The Morgan fingerprint density at radius 1 is 1.41 bits per heavy atom. The number of aryl methyl sites for hydroxylation is 1. The van der Waals surface area contributed by atoms with Crippen LogP contribution in [-0.2, 0) is 6.54 Å². The van der Waals surface area contributed by atoms with E-state index in [1.54, 1.807) is 12.1 Å². The van der Waals surface area contributed by atoms with Crippen LogP contribution in [0.5, 0.6) is 5.75 Å². The van der Waals surface area contributed by atoms with Gasteiger partial charge in [-0.2, -0.15) is 4.98 Å². The number of phenols is 1. The van der Waals surface area contributed by atoms with Crippen LogP contribution in [0.15, 0.2) is 24.3 Å². The summed E-state index contributed by atoms with van der Waals surface area (Å²) in [6.07, 6.45) is 2.07. The number of fused-ring (bicyclic) bond motifs is 1. The van der Waals surface area contributed by atoms with Gasteiger partial charge in [0.05, 0.1) is 0 Å². The molecule has 1 unspecified atom stereocenters. The molecule has 1 aromatic carbocycles. The van der Waals surface area contributed by atoms with Crippen LogP contribution in [0.25, 0.3) is 0 Å². The molecule has 17 heavy (non-hydrogen) atoms. The van der Waals surface area contributed by atoms with E-state index in [9.17, 15) is 5.11 Å². The molecular formula is C12H14N4O. The Labute approximate surface area is 98.9 Å². The Morgan fingerprint density at radius 2 is 2.29 bits per heavy atom. The third-order valence-corrected chi connectivity index (χ3v) is 3.16. The number of nitrogen functional groups attached to an aromatic ring is 1. The number of phenolic OH excluding ortho intramolecular Hbond substituents is 1. The third kappa shape index (κ3) is 1.73. The molecular weight excluding hydrogens is 216 g/mol. The molecule has 0 saturated carbocycles. The third-order valence-electron chi connectivity index (χ3n) is 3.16. The van der Waals surface area contributed by atoms with Gasteiger partial charge in [-0.3, -0.25) is 0 Å². The number of aromatic nitrogens is 3. The standard InChI is InChI=1S/C12H14N4O/c13-12-14-11-10(5-2-6-16(11)15-12)8-3-1-4-9(17)7-8/h1,3-4,7,10,17H,2,5-6H2,(H2,13,15). The molecule has 0 amide bonds. The quantitative estimate of drug-likeness (QED) is 0.778. The molecule has 0 radical (unpaired) electrons. The van der Waals surface area contributed by atoms with E-state index in [4.69, 9.17) is 5.73 Å². The maximum Gasteiger partial charge on any atom is 0.239 e. The Bertz CT molecular complexity index is 549. The zero-order valence-electron chi connectivity index (χ0n) is 9.37. The minimum atomic E-state index is 0.181. The van der Waals surface area contributed by atoms with Crippen molar-refractivity contribution >= 4 is 5.95 Å². The van der Waals surface area contributed by atoms with Crippen LogP contribution in [0, 0.1) is 0 Å². The van der Waals surface area contributed by atoms with Gasteiger partial charge in [0.15, 0.2) is 0 Å². The van der Waals surface area contributed by atoms with Crippen molar-refractivity contribution in [3.8, 4) is 5.75 Å². The van der Waals surface area contributed by atoms with Crippen molar-refractivity contribution in [2.45, 2.75) is 25.3 Å². The van der Waals surface area contributed by atoms with Crippen LogP contribution in [0.2, 0.25) is 0 Å². The highest BCUT2D eigenvalue weighted by molar-refractivity contribution is 5.34. The molecule has 1 aromatic heterocycles. The van der Waals surface area contributed by atoms with Gasteiger partial charge >= 0.3 is 0 Å². The second-order valence-electron chi connectivity index (χ2n) is 4.34. The van der Waals surface area contributed by atoms with E-state index in [1.807, 2.05) is 16.8 Å². The highest BCUT2D eigenvalue weighted by atomic mass is 16.3. The van der Waals surface area contributed by atoms with Crippen molar-refractivity contribution in [1.29, 1.82) is 0 Å². The molecule has 1 atom stereocenters. The summed E-state index contributed by atoms with van der Waals surface area (Å²) in [5, 5.41) is 13.7. The van der Waals surface area contributed by atoms with Gasteiger partial charge in [0.1, 0.15) is 11.6 Å². The topological polar surface area (TPSA) is 77.0 Å². The van der Waals surface area contributed by atoms with E-state index in [2.05, 4.69) is 10.1 Å². The predicted octanol–water partition coefficient (Wildman–Crippen LogP) is 1.49. The van der Waals surface area contributed by atoms with Gasteiger partial charge < -0.3 is 10.8 Å². The summed E-state index contributed by atoms with van der Waals surface area (Å²) in [6.45, 7) is 0.870. The van der Waals surface area contributed by atoms with E-state index in [1.165, 1.54) is 0 Å². The van der Waals surface area contributed by atoms with E-state index >= 15 is 0 Å². The summed E-state index contributed by atoms with van der Waals surface area (Å²) in [5.74, 6) is 1.69. The fourth-order valence-corrected chi connectivity index (χ4v) is 2.43. The van der Waals surface area contributed by atoms with Gasteiger partial charge in [-0.05, 0) is 30.5 Å². The number of hydrogen-bond acceptors (Lipinski definition) is 4. The Kier molecular flexibility index (Phi) is 2.24. The van der Waals surface area contributed by atoms with Crippen LogP contribution in [0.1, 0.15) is 30.1 Å². The van der Waals surface area contributed by atoms with Crippen LogP contribution in [0.3, 0.4) is 0 Å². The highest BCUT2D eigenvalue weighted by Crippen LogP contribution is 2.33. The summed E-state index contributed by atoms with van der Waals surface area (Å²) in [7, 11) is 0.